The molecule has 0 amide bonds. The van der Waals surface area contributed by atoms with Gasteiger partial charge < -0.3 is 10.3 Å². The lowest BCUT2D eigenvalue weighted by atomic mass is 10.3. The summed E-state index contributed by atoms with van der Waals surface area (Å²) in [5.74, 6) is 0. The third kappa shape index (κ3) is 4.83. The second kappa shape index (κ2) is 5.16. The van der Waals surface area contributed by atoms with Gasteiger partial charge in [-0.1, -0.05) is 0 Å². The van der Waals surface area contributed by atoms with Gasteiger partial charge in [0.1, 0.15) is 0 Å². The van der Waals surface area contributed by atoms with E-state index in [4.69, 9.17) is 0 Å². The summed E-state index contributed by atoms with van der Waals surface area (Å²) in [6.45, 7) is 2.73. The molecule has 0 saturated carbocycles. The molecule has 0 radical (unpaired) electrons. The number of halogens is 3. The normalized spacial score (nSPS) is 12.0. The van der Waals surface area contributed by atoms with Crippen LogP contribution in [-0.2, 0) is 6.54 Å². The molecule has 0 aliphatic heterocycles. The molecule has 0 aromatic carbocycles. The van der Waals surface area contributed by atoms with E-state index in [9.17, 15) is 13.2 Å². The Hall–Kier alpha value is -1.04. The SMILES string of the molecule is Cc1[nH]cnc1CNCCCC(F)(F)F. The Morgan fingerprint density at radius 3 is 2.73 bits per heavy atom. The minimum absolute atomic E-state index is 0.104. The van der Waals surface area contributed by atoms with Crippen molar-refractivity contribution in [1.82, 2.24) is 15.3 Å². The molecular weight excluding hydrogens is 207 g/mol. The molecule has 1 rings (SSSR count). The number of nitrogens with one attached hydrogen (secondary N) is 2. The minimum atomic E-state index is -4.05. The first kappa shape index (κ1) is 12.0. The van der Waals surface area contributed by atoms with Gasteiger partial charge in [-0.15, -0.1) is 0 Å². The van der Waals surface area contributed by atoms with Crippen LogP contribution in [0.4, 0.5) is 13.2 Å². The first-order valence-corrected chi connectivity index (χ1v) is 4.75. The second-order valence-electron chi connectivity index (χ2n) is 3.37. The van der Waals surface area contributed by atoms with Gasteiger partial charge in [0, 0.05) is 18.7 Å². The van der Waals surface area contributed by atoms with Gasteiger partial charge in [0.05, 0.1) is 12.0 Å². The minimum Gasteiger partial charge on any atom is -0.348 e. The highest BCUT2D eigenvalue weighted by Gasteiger charge is 2.25. The van der Waals surface area contributed by atoms with E-state index in [0.717, 1.165) is 11.4 Å². The fourth-order valence-electron chi connectivity index (χ4n) is 1.19. The number of nitrogens with zero attached hydrogens (tertiary/aromatic N) is 1. The van der Waals surface area contributed by atoms with E-state index >= 15 is 0 Å². The third-order valence-corrected chi connectivity index (χ3v) is 2.04. The summed E-state index contributed by atoms with van der Waals surface area (Å²) >= 11 is 0. The number of hydrogen-bond donors (Lipinski definition) is 2. The second-order valence-corrected chi connectivity index (χ2v) is 3.37. The Bertz CT molecular complexity index is 293. The maximum Gasteiger partial charge on any atom is 0.389 e. The monoisotopic (exact) mass is 221 g/mol. The van der Waals surface area contributed by atoms with Crippen LogP contribution in [0.25, 0.3) is 0 Å². The molecule has 0 aliphatic carbocycles. The average molecular weight is 221 g/mol. The molecule has 3 nitrogen and oxygen atoms in total. The van der Waals surface area contributed by atoms with Crippen molar-refractivity contribution in [2.45, 2.75) is 32.5 Å². The topological polar surface area (TPSA) is 40.7 Å². The molecule has 0 fully saturated rings. The van der Waals surface area contributed by atoms with Crippen LogP contribution in [-0.4, -0.2) is 22.7 Å². The Balaban J connectivity index is 2.10. The van der Waals surface area contributed by atoms with E-state index in [0.29, 0.717) is 13.1 Å². The van der Waals surface area contributed by atoms with E-state index < -0.39 is 12.6 Å². The number of imidazole rings is 1. The van der Waals surface area contributed by atoms with Crippen molar-refractivity contribution in [1.29, 1.82) is 0 Å². The van der Waals surface area contributed by atoms with E-state index in [1.807, 2.05) is 6.92 Å². The zero-order valence-corrected chi connectivity index (χ0v) is 8.49. The number of H-pyrrole nitrogens is 1. The van der Waals surface area contributed by atoms with Crippen molar-refractivity contribution < 1.29 is 13.2 Å². The summed E-state index contributed by atoms with van der Waals surface area (Å²) in [5, 5.41) is 2.92. The summed E-state index contributed by atoms with van der Waals surface area (Å²) < 4.78 is 35.3. The van der Waals surface area contributed by atoms with Crippen molar-refractivity contribution in [2.24, 2.45) is 0 Å². The van der Waals surface area contributed by atoms with Crippen LogP contribution in [0.3, 0.4) is 0 Å². The molecule has 1 heterocycles. The van der Waals surface area contributed by atoms with Crippen LogP contribution in [0.2, 0.25) is 0 Å². The molecule has 1 aromatic heterocycles. The van der Waals surface area contributed by atoms with Gasteiger partial charge in [-0.2, -0.15) is 13.2 Å². The molecular formula is C9H14F3N3. The summed E-state index contributed by atoms with van der Waals surface area (Å²) in [4.78, 5) is 6.92. The fourth-order valence-corrected chi connectivity index (χ4v) is 1.19. The molecule has 0 bridgehead atoms. The molecule has 15 heavy (non-hydrogen) atoms. The van der Waals surface area contributed by atoms with Gasteiger partial charge in [-0.3, -0.25) is 0 Å². The largest absolute Gasteiger partial charge is 0.389 e. The fraction of sp³-hybridized carbons (Fsp3) is 0.667. The Kier molecular flexibility index (Phi) is 4.14. The first-order chi connectivity index (χ1) is 6.99. The predicted molar refractivity (Wildman–Crippen MR) is 50.3 cm³/mol. The molecule has 0 saturated heterocycles. The predicted octanol–water partition coefficient (Wildman–Crippen LogP) is 2.15. The van der Waals surface area contributed by atoms with Gasteiger partial charge in [0.15, 0.2) is 0 Å². The summed E-state index contributed by atoms with van der Waals surface area (Å²) in [6, 6.07) is 0. The third-order valence-electron chi connectivity index (χ3n) is 2.04. The van der Waals surface area contributed by atoms with Crippen molar-refractivity contribution >= 4 is 0 Å². The summed E-state index contributed by atoms with van der Waals surface area (Å²) in [7, 11) is 0. The number of aryl methyl sites for hydroxylation is 1. The van der Waals surface area contributed by atoms with Crippen molar-refractivity contribution in [2.75, 3.05) is 6.54 Å². The van der Waals surface area contributed by atoms with Gasteiger partial charge in [-0.05, 0) is 19.9 Å². The highest BCUT2D eigenvalue weighted by molar-refractivity contribution is 5.07. The van der Waals surface area contributed by atoms with E-state index in [1.54, 1.807) is 6.33 Å². The lowest BCUT2D eigenvalue weighted by molar-refractivity contribution is -0.135. The highest BCUT2D eigenvalue weighted by atomic mass is 19.4. The van der Waals surface area contributed by atoms with Crippen LogP contribution < -0.4 is 5.32 Å². The summed E-state index contributed by atoms with van der Waals surface area (Å²) in [5.41, 5.74) is 1.79. The number of alkyl halides is 3. The van der Waals surface area contributed by atoms with Crippen LogP contribution in [0.5, 0.6) is 0 Å². The molecule has 0 aliphatic rings. The van der Waals surface area contributed by atoms with E-state index in [1.165, 1.54) is 0 Å². The van der Waals surface area contributed by atoms with E-state index in [2.05, 4.69) is 15.3 Å². The van der Waals surface area contributed by atoms with E-state index in [-0.39, 0.29) is 6.42 Å². The Morgan fingerprint density at radius 1 is 1.47 bits per heavy atom. The molecule has 2 N–H and O–H groups in total. The van der Waals surface area contributed by atoms with Crippen LogP contribution in [0.1, 0.15) is 24.2 Å². The van der Waals surface area contributed by atoms with Crippen LogP contribution >= 0.6 is 0 Å². The van der Waals surface area contributed by atoms with Gasteiger partial charge in [-0.25, -0.2) is 4.98 Å². The number of aromatic amines is 1. The van der Waals surface area contributed by atoms with Gasteiger partial charge in [0.2, 0.25) is 0 Å². The first-order valence-electron chi connectivity index (χ1n) is 4.75. The zero-order valence-electron chi connectivity index (χ0n) is 8.49. The van der Waals surface area contributed by atoms with Gasteiger partial charge >= 0.3 is 6.18 Å². The number of rotatable bonds is 5. The van der Waals surface area contributed by atoms with Gasteiger partial charge in [0.25, 0.3) is 0 Å². The Morgan fingerprint density at radius 2 is 2.20 bits per heavy atom. The zero-order chi connectivity index (χ0) is 11.3. The lowest BCUT2D eigenvalue weighted by Gasteiger charge is -2.06. The number of aromatic nitrogens is 2. The van der Waals surface area contributed by atoms with Crippen molar-refractivity contribution in [3.05, 3.63) is 17.7 Å². The molecule has 6 heteroatoms. The van der Waals surface area contributed by atoms with Crippen molar-refractivity contribution in [3.63, 3.8) is 0 Å². The quantitative estimate of drug-likeness (QED) is 0.748. The van der Waals surface area contributed by atoms with Crippen LogP contribution in [0.15, 0.2) is 6.33 Å². The van der Waals surface area contributed by atoms with Crippen LogP contribution in [0, 0.1) is 6.92 Å². The molecule has 0 unspecified atom stereocenters. The molecule has 0 atom stereocenters. The molecule has 86 valence electrons. The maximum absolute atomic E-state index is 11.8. The standard InChI is InChI=1S/C9H14F3N3/c1-7-8(15-6-14-7)5-13-4-2-3-9(10,11)12/h6,13H,2-5H2,1H3,(H,14,15). The molecule has 1 aromatic rings. The molecule has 0 spiro atoms. The average Bonchev–Trinajstić information content (AvgIpc) is 2.49. The lowest BCUT2D eigenvalue weighted by Crippen LogP contribution is -2.18. The highest BCUT2D eigenvalue weighted by Crippen LogP contribution is 2.20. The number of hydrogen-bond acceptors (Lipinski definition) is 2. The van der Waals surface area contributed by atoms with Crippen molar-refractivity contribution in [3.8, 4) is 0 Å². The summed E-state index contributed by atoms with van der Waals surface area (Å²) in [6.07, 6.45) is -3.11. The Labute approximate surface area is 86.1 Å². The maximum atomic E-state index is 11.8. The smallest absolute Gasteiger partial charge is 0.348 e.